The van der Waals surface area contributed by atoms with Crippen LogP contribution in [0.4, 0.5) is 11.5 Å². The molecule has 2 rings (SSSR count). The van der Waals surface area contributed by atoms with Crippen LogP contribution in [0.25, 0.3) is 5.82 Å². The molecular weight excluding hydrogens is 234 g/mol. The normalized spacial score (nSPS) is 10.3. The number of rotatable bonds is 3. The Balaban J connectivity index is 2.29. The number of anilines is 2. The van der Waals surface area contributed by atoms with Gasteiger partial charge in [0.25, 0.3) is 0 Å². The molecule has 0 fully saturated rings. The third-order valence-electron chi connectivity index (χ3n) is 2.27. The lowest BCUT2D eigenvalue weighted by atomic mass is 10.3. The van der Waals surface area contributed by atoms with Gasteiger partial charge >= 0.3 is 5.97 Å². The number of ether oxygens (including phenoxy) is 1. The number of carbonyl (C=O) groups excluding carboxylic acids is 1. The molecule has 0 bridgehead atoms. The summed E-state index contributed by atoms with van der Waals surface area (Å²) in [6, 6.07) is 3.29. The van der Waals surface area contributed by atoms with E-state index in [0.29, 0.717) is 23.7 Å². The molecule has 2 heterocycles. The molecule has 2 aromatic rings. The Hall–Kier alpha value is -2.57. The summed E-state index contributed by atoms with van der Waals surface area (Å²) in [6.07, 6.45) is 2.93. The van der Waals surface area contributed by atoms with Crippen molar-refractivity contribution in [3.05, 3.63) is 30.1 Å². The van der Waals surface area contributed by atoms with Gasteiger partial charge < -0.3 is 16.2 Å². The van der Waals surface area contributed by atoms with E-state index < -0.39 is 5.97 Å². The number of pyridine rings is 1. The second kappa shape index (κ2) is 4.74. The fourth-order valence-corrected chi connectivity index (χ4v) is 1.37. The van der Waals surface area contributed by atoms with Gasteiger partial charge in [-0.05, 0) is 19.1 Å². The van der Waals surface area contributed by atoms with Crippen LogP contribution >= 0.6 is 0 Å². The molecule has 0 radical (unpaired) electrons. The zero-order valence-electron chi connectivity index (χ0n) is 9.83. The van der Waals surface area contributed by atoms with E-state index in [2.05, 4.69) is 10.1 Å². The number of aromatic nitrogens is 3. The zero-order chi connectivity index (χ0) is 13.1. The molecule has 0 aliphatic heterocycles. The van der Waals surface area contributed by atoms with E-state index in [1.54, 1.807) is 19.1 Å². The molecule has 0 aliphatic rings. The molecule has 0 unspecified atom stereocenters. The third-order valence-corrected chi connectivity index (χ3v) is 2.27. The first kappa shape index (κ1) is 11.9. The lowest BCUT2D eigenvalue weighted by Crippen LogP contribution is -2.05. The lowest BCUT2D eigenvalue weighted by molar-refractivity contribution is 0.0526. The van der Waals surface area contributed by atoms with Crippen molar-refractivity contribution in [1.29, 1.82) is 0 Å². The van der Waals surface area contributed by atoms with Crippen LogP contribution in [0.3, 0.4) is 0 Å². The second-order valence-electron chi connectivity index (χ2n) is 3.54. The Labute approximate surface area is 103 Å². The molecule has 0 saturated heterocycles. The summed E-state index contributed by atoms with van der Waals surface area (Å²) in [4.78, 5) is 15.5. The van der Waals surface area contributed by atoms with Crippen LogP contribution in [0.2, 0.25) is 0 Å². The highest BCUT2D eigenvalue weighted by molar-refractivity contribution is 5.88. The monoisotopic (exact) mass is 247 g/mol. The Morgan fingerprint density at radius 3 is 2.89 bits per heavy atom. The van der Waals surface area contributed by atoms with Gasteiger partial charge in [0, 0.05) is 6.20 Å². The summed E-state index contributed by atoms with van der Waals surface area (Å²) in [7, 11) is 0. The molecule has 4 N–H and O–H groups in total. The van der Waals surface area contributed by atoms with Crippen molar-refractivity contribution in [1.82, 2.24) is 14.8 Å². The predicted molar refractivity (Wildman–Crippen MR) is 66.1 cm³/mol. The molecule has 0 aromatic carbocycles. The molecule has 0 aliphatic carbocycles. The largest absolute Gasteiger partial charge is 0.462 e. The maximum atomic E-state index is 11.5. The molecule has 0 atom stereocenters. The van der Waals surface area contributed by atoms with E-state index in [4.69, 9.17) is 16.2 Å². The van der Waals surface area contributed by atoms with Crippen LogP contribution in [0.1, 0.15) is 17.3 Å². The average Bonchev–Trinajstić information content (AvgIpc) is 2.82. The molecule has 0 spiro atoms. The fourth-order valence-electron chi connectivity index (χ4n) is 1.37. The standard InChI is InChI=1S/C11H13N5O2/c1-2-18-11(17)7-5-14-16(6-7)9-4-3-8(12)10(13)15-9/h3-6H,2,12H2,1H3,(H2,13,15). The van der Waals surface area contributed by atoms with Crippen molar-refractivity contribution in [2.45, 2.75) is 6.92 Å². The van der Waals surface area contributed by atoms with Crippen molar-refractivity contribution in [3.63, 3.8) is 0 Å². The van der Waals surface area contributed by atoms with Crippen LogP contribution in [0.5, 0.6) is 0 Å². The smallest absolute Gasteiger partial charge is 0.341 e. The maximum Gasteiger partial charge on any atom is 0.341 e. The summed E-state index contributed by atoms with van der Waals surface area (Å²) in [6.45, 7) is 2.06. The Kier molecular flexibility index (Phi) is 3.13. The van der Waals surface area contributed by atoms with Gasteiger partial charge in [0.2, 0.25) is 0 Å². The van der Waals surface area contributed by atoms with Crippen LogP contribution in [0.15, 0.2) is 24.5 Å². The van der Waals surface area contributed by atoms with Crippen LogP contribution in [0, 0.1) is 0 Å². The molecule has 7 nitrogen and oxygen atoms in total. The van der Waals surface area contributed by atoms with Gasteiger partial charge in [-0.2, -0.15) is 5.10 Å². The Bertz CT molecular complexity index is 579. The van der Waals surface area contributed by atoms with E-state index in [1.807, 2.05) is 0 Å². The van der Waals surface area contributed by atoms with Crippen LogP contribution < -0.4 is 11.5 Å². The van der Waals surface area contributed by atoms with E-state index in [9.17, 15) is 4.79 Å². The number of nitrogens with two attached hydrogens (primary N) is 2. The SMILES string of the molecule is CCOC(=O)c1cnn(-c2ccc(N)c(N)n2)c1. The highest BCUT2D eigenvalue weighted by atomic mass is 16.5. The first-order valence-corrected chi connectivity index (χ1v) is 5.36. The highest BCUT2D eigenvalue weighted by Crippen LogP contribution is 2.14. The van der Waals surface area contributed by atoms with Gasteiger partial charge in [0.1, 0.15) is 5.82 Å². The molecule has 0 saturated carbocycles. The zero-order valence-corrected chi connectivity index (χ0v) is 9.83. The van der Waals surface area contributed by atoms with E-state index >= 15 is 0 Å². The number of nitrogen functional groups attached to an aromatic ring is 2. The number of esters is 1. The Morgan fingerprint density at radius 2 is 2.22 bits per heavy atom. The summed E-state index contributed by atoms with van der Waals surface area (Å²) in [5.74, 6) is 0.283. The summed E-state index contributed by atoms with van der Waals surface area (Å²) in [5.41, 5.74) is 11.9. The summed E-state index contributed by atoms with van der Waals surface area (Å²) in [5, 5.41) is 4.02. The molecule has 94 valence electrons. The van der Waals surface area contributed by atoms with Crippen molar-refractivity contribution in [3.8, 4) is 5.82 Å². The van der Waals surface area contributed by atoms with Gasteiger partial charge in [-0.25, -0.2) is 14.5 Å². The van der Waals surface area contributed by atoms with Crippen molar-refractivity contribution in [2.24, 2.45) is 0 Å². The fraction of sp³-hybridized carbons (Fsp3) is 0.182. The summed E-state index contributed by atoms with van der Waals surface area (Å²) < 4.78 is 6.30. The van der Waals surface area contributed by atoms with Gasteiger partial charge in [-0.1, -0.05) is 0 Å². The summed E-state index contributed by atoms with van der Waals surface area (Å²) >= 11 is 0. The van der Waals surface area contributed by atoms with Gasteiger partial charge in [-0.15, -0.1) is 0 Å². The topological polar surface area (TPSA) is 109 Å². The quantitative estimate of drug-likeness (QED) is 0.769. The molecule has 2 aromatic heterocycles. The first-order valence-electron chi connectivity index (χ1n) is 5.36. The van der Waals surface area contributed by atoms with E-state index in [-0.39, 0.29) is 5.82 Å². The second-order valence-corrected chi connectivity index (χ2v) is 3.54. The number of carbonyl (C=O) groups is 1. The van der Waals surface area contributed by atoms with Crippen LogP contribution in [-0.2, 0) is 4.74 Å². The lowest BCUT2D eigenvalue weighted by Gasteiger charge is -2.03. The minimum absolute atomic E-state index is 0.223. The van der Waals surface area contributed by atoms with Crippen LogP contribution in [-0.4, -0.2) is 27.3 Å². The predicted octanol–water partition coefficient (Wildman–Crippen LogP) is 0.608. The van der Waals surface area contributed by atoms with Crippen molar-refractivity contribution in [2.75, 3.05) is 18.1 Å². The highest BCUT2D eigenvalue weighted by Gasteiger charge is 2.11. The Morgan fingerprint density at radius 1 is 1.44 bits per heavy atom. The number of nitrogens with zero attached hydrogens (tertiary/aromatic N) is 3. The molecule has 18 heavy (non-hydrogen) atoms. The number of hydrogen-bond donors (Lipinski definition) is 2. The third kappa shape index (κ3) is 2.24. The molecule has 0 amide bonds. The van der Waals surface area contributed by atoms with Crippen molar-refractivity contribution < 1.29 is 9.53 Å². The van der Waals surface area contributed by atoms with Gasteiger partial charge in [0.05, 0.1) is 24.1 Å². The van der Waals surface area contributed by atoms with Crippen molar-refractivity contribution >= 4 is 17.5 Å². The maximum absolute atomic E-state index is 11.5. The average molecular weight is 247 g/mol. The first-order chi connectivity index (χ1) is 8.61. The minimum atomic E-state index is -0.424. The molecular formula is C11H13N5O2. The molecule has 7 heteroatoms. The van der Waals surface area contributed by atoms with Gasteiger partial charge in [-0.3, -0.25) is 0 Å². The minimum Gasteiger partial charge on any atom is -0.462 e. The van der Waals surface area contributed by atoms with E-state index in [0.717, 1.165) is 0 Å². The van der Waals surface area contributed by atoms with Gasteiger partial charge in [0.15, 0.2) is 5.82 Å². The number of hydrogen-bond acceptors (Lipinski definition) is 6. The van der Waals surface area contributed by atoms with E-state index in [1.165, 1.54) is 17.1 Å².